The normalized spacial score (nSPS) is 12.6. The molecule has 4 heteroatoms. The molecule has 1 unspecified atom stereocenters. The fourth-order valence-electron chi connectivity index (χ4n) is 2.67. The van der Waals surface area contributed by atoms with Gasteiger partial charge in [0.15, 0.2) is 0 Å². The molecule has 0 radical (unpaired) electrons. The van der Waals surface area contributed by atoms with Crippen LogP contribution in [-0.2, 0) is 25.8 Å². The van der Waals surface area contributed by atoms with E-state index in [2.05, 4.69) is 43.2 Å². The zero-order valence-corrected chi connectivity index (χ0v) is 13.6. The largest absolute Gasteiger partial charge is 0.330 e. The summed E-state index contributed by atoms with van der Waals surface area (Å²) in [6.45, 7) is 5.68. The Morgan fingerprint density at radius 1 is 1.19 bits per heavy atom. The average Bonchev–Trinajstić information content (AvgIpc) is 2.83. The third kappa shape index (κ3) is 3.86. The van der Waals surface area contributed by atoms with Gasteiger partial charge in [0.2, 0.25) is 0 Å². The number of aromatic nitrogens is 2. The molecule has 0 aliphatic carbocycles. The van der Waals surface area contributed by atoms with Crippen LogP contribution in [0.1, 0.15) is 30.8 Å². The summed E-state index contributed by atoms with van der Waals surface area (Å²) in [6.07, 6.45) is 2.72. The predicted octanol–water partition coefficient (Wildman–Crippen LogP) is 3.48. The van der Waals surface area contributed by atoms with E-state index in [0.29, 0.717) is 12.5 Å². The minimum atomic E-state index is 0.386. The summed E-state index contributed by atoms with van der Waals surface area (Å²) >= 11 is 6.49. The Kier molecular flexibility index (Phi) is 5.83. The monoisotopic (exact) mass is 305 g/mol. The molecule has 0 spiro atoms. The zero-order valence-electron chi connectivity index (χ0n) is 12.8. The maximum Gasteiger partial charge on any atom is 0.0849 e. The van der Waals surface area contributed by atoms with Gasteiger partial charge in [0.25, 0.3) is 0 Å². The van der Waals surface area contributed by atoms with E-state index < -0.39 is 0 Å². The van der Waals surface area contributed by atoms with Crippen molar-refractivity contribution in [2.75, 3.05) is 6.54 Å². The Hall–Kier alpha value is -1.32. The van der Waals surface area contributed by atoms with Gasteiger partial charge in [-0.2, -0.15) is 5.10 Å². The Bertz CT molecular complexity index is 563. The van der Waals surface area contributed by atoms with Crippen LogP contribution in [0, 0.1) is 5.92 Å². The van der Waals surface area contributed by atoms with E-state index in [1.807, 2.05) is 10.7 Å². The molecule has 1 aromatic carbocycles. The van der Waals surface area contributed by atoms with Crippen LogP contribution in [0.15, 0.2) is 30.3 Å². The van der Waals surface area contributed by atoms with Crippen molar-refractivity contribution in [3.63, 3.8) is 0 Å². The molecule has 0 fully saturated rings. The minimum absolute atomic E-state index is 0.386. The first-order chi connectivity index (χ1) is 10.2. The van der Waals surface area contributed by atoms with Crippen LogP contribution in [0.2, 0.25) is 5.02 Å². The summed E-state index contributed by atoms with van der Waals surface area (Å²) in [5.41, 5.74) is 9.42. The molecule has 0 amide bonds. The van der Waals surface area contributed by atoms with Crippen molar-refractivity contribution < 1.29 is 0 Å². The highest BCUT2D eigenvalue weighted by Crippen LogP contribution is 2.25. The minimum Gasteiger partial charge on any atom is -0.330 e. The molecule has 0 bridgehead atoms. The van der Waals surface area contributed by atoms with Gasteiger partial charge < -0.3 is 5.73 Å². The quantitative estimate of drug-likeness (QED) is 0.851. The van der Waals surface area contributed by atoms with Crippen molar-refractivity contribution in [2.45, 2.75) is 39.7 Å². The van der Waals surface area contributed by atoms with Gasteiger partial charge in [0.1, 0.15) is 0 Å². The molecule has 3 nitrogen and oxygen atoms in total. The fourth-order valence-corrected chi connectivity index (χ4v) is 3.02. The Morgan fingerprint density at radius 2 is 1.90 bits per heavy atom. The number of hydrogen-bond donors (Lipinski definition) is 1. The maximum atomic E-state index is 6.49. The lowest BCUT2D eigenvalue weighted by molar-refractivity contribution is 0.499. The molecule has 1 aromatic heterocycles. The van der Waals surface area contributed by atoms with Crippen molar-refractivity contribution in [2.24, 2.45) is 11.7 Å². The van der Waals surface area contributed by atoms with Crippen LogP contribution in [0.4, 0.5) is 0 Å². The number of aryl methyl sites for hydroxylation is 2. The Labute approximate surface area is 132 Å². The summed E-state index contributed by atoms with van der Waals surface area (Å²) in [7, 11) is 0. The molecule has 114 valence electrons. The topological polar surface area (TPSA) is 43.8 Å². The number of nitrogens with zero attached hydrogens (tertiary/aromatic N) is 2. The zero-order chi connectivity index (χ0) is 15.2. The van der Waals surface area contributed by atoms with E-state index in [0.717, 1.165) is 42.2 Å². The summed E-state index contributed by atoms with van der Waals surface area (Å²) in [5.74, 6) is 0.386. The van der Waals surface area contributed by atoms with Crippen LogP contribution in [0.5, 0.6) is 0 Å². The van der Waals surface area contributed by atoms with E-state index in [1.54, 1.807) is 0 Å². The van der Waals surface area contributed by atoms with Gasteiger partial charge in [-0.05, 0) is 44.2 Å². The molecule has 0 saturated carbocycles. The molecule has 1 atom stereocenters. The summed E-state index contributed by atoms with van der Waals surface area (Å²) in [5, 5.41) is 5.41. The first-order valence-corrected chi connectivity index (χ1v) is 8.05. The van der Waals surface area contributed by atoms with Crippen molar-refractivity contribution in [1.82, 2.24) is 9.78 Å². The lowest BCUT2D eigenvalue weighted by atomic mass is 9.94. The van der Waals surface area contributed by atoms with Gasteiger partial charge in [-0.3, -0.25) is 4.68 Å². The molecule has 0 aliphatic heterocycles. The molecule has 0 aliphatic rings. The summed E-state index contributed by atoms with van der Waals surface area (Å²) < 4.78 is 2.02. The van der Waals surface area contributed by atoms with Gasteiger partial charge in [0, 0.05) is 6.54 Å². The van der Waals surface area contributed by atoms with E-state index >= 15 is 0 Å². The standard InChI is InChI=1S/C17H24ClN3/c1-3-15-17(18)16(21(4-2)20-15)11-14(12-19)10-13-8-6-5-7-9-13/h5-9,14H,3-4,10-12,19H2,1-2H3. The number of halogens is 1. The highest BCUT2D eigenvalue weighted by atomic mass is 35.5. The SMILES string of the molecule is CCc1nn(CC)c(CC(CN)Cc2ccccc2)c1Cl. The summed E-state index contributed by atoms with van der Waals surface area (Å²) in [6, 6.07) is 10.5. The molecular weight excluding hydrogens is 282 g/mol. The predicted molar refractivity (Wildman–Crippen MR) is 88.7 cm³/mol. The van der Waals surface area contributed by atoms with Crippen molar-refractivity contribution in [1.29, 1.82) is 0 Å². The van der Waals surface area contributed by atoms with E-state index in [-0.39, 0.29) is 0 Å². The second kappa shape index (κ2) is 7.62. The lowest BCUT2D eigenvalue weighted by Gasteiger charge is -2.16. The number of rotatable bonds is 7. The first kappa shape index (κ1) is 16.1. The fraction of sp³-hybridized carbons (Fsp3) is 0.471. The van der Waals surface area contributed by atoms with Crippen molar-refractivity contribution in [3.8, 4) is 0 Å². The van der Waals surface area contributed by atoms with Gasteiger partial charge in [-0.25, -0.2) is 0 Å². The van der Waals surface area contributed by atoms with Crippen LogP contribution in [0.25, 0.3) is 0 Å². The van der Waals surface area contributed by atoms with Gasteiger partial charge in [0.05, 0.1) is 16.4 Å². The molecule has 2 rings (SSSR count). The number of nitrogens with two attached hydrogens (primary N) is 1. The van der Waals surface area contributed by atoms with Gasteiger partial charge in [-0.1, -0.05) is 48.9 Å². The van der Waals surface area contributed by atoms with Crippen LogP contribution in [0.3, 0.4) is 0 Å². The third-order valence-electron chi connectivity index (χ3n) is 3.88. The Morgan fingerprint density at radius 3 is 2.48 bits per heavy atom. The molecule has 21 heavy (non-hydrogen) atoms. The van der Waals surface area contributed by atoms with Crippen molar-refractivity contribution >= 4 is 11.6 Å². The van der Waals surface area contributed by atoms with Crippen LogP contribution >= 0.6 is 11.6 Å². The molecular formula is C17H24ClN3. The molecule has 1 heterocycles. The van der Waals surface area contributed by atoms with E-state index in [9.17, 15) is 0 Å². The summed E-state index contributed by atoms with van der Waals surface area (Å²) in [4.78, 5) is 0. The molecule has 0 saturated heterocycles. The second-order valence-corrected chi connectivity index (χ2v) is 5.75. The van der Waals surface area contributed by atoms with E-state index in [1.165, 1.54) is 5.56 Å². The van der Waals surface area contributed by atoms with Crippen molar-refractivity contribution in [3.05, 3.63) is 52.3 Å². The second-order valence-electron chi connectivity index (χ2n) is 5.37. The molecule has 2 N–H and O–H groups in total. The number of hydrogen-bond acceptors (Lipinski definition) is 2. The maximum absolute atomic E-state index is 6.49. The Balaban J connectivity index is 2.16. The highest BCUT2D eigenvalue weighted by molar-refractivity contribution is 6.31. The molecule has 2 aromatic rings. The van der Waals surface area contributed by atoms with Crippen LogP contribution < -0.4 is 5.73 Å². The smallest absolute Gasteiger partial charge is 0.0849 e. The highest BCUT2D eigenvalue weighted by Gasteiger charge is 2.18. The lowest BCUT2D eigenvalue weighted by Crippen LogP contribution is -2.21. The van der Waals surface area contributed by atoms with Gasteiger partial charge >= 0.3 is 0 Å². The van der Waals surface area contributed by atoms with Gasteiger partial charge in [-0.15, -0.1) is 0 Å². The third-order valence-corrected chi connectivity index (χ3v) is 4.31. The van der Waals surface area contributed by atoms with E-state index in [4.69, 9.17) is 17.3 Å². The van der Waals surface area contributed by atoms with Crippen LogP contribution in [-0.4, -0.2) is 16.3 Å². The number of benzene rings is 1. The average molecular weight is 306 g/mol. The first-order valence-electron chi connectivity index (χ1n) is 7.67.